The predicted molar refractivity (Wildman–Crippen MR) is 99.1 cm³/mol. The van der Waals surface area contributed by atoms with Crippen molar-refractivity contribution in [1.29, 1.82) is 0 Å². The summed E-state index contributed by atoms with van der Waals surface area (Å²) >= 11 is 0. The normalized spacial score (nSPS) is 12.5. The number of carbonyl (C=O) groups is 1. The van der Waals surface area contributed by atoms with E-state index in [0.29, 0.717) is 23.4 Å². The first kappa shape index (κ1) is 19.0. The highest BCUT2D eigenvalue weighted by molar-refractivity contribution is 7.92. The fourth-order valence-corrected chi connectivity index (χ4v) is 3.68. The van der Waals surface area contributed by atoms with E-state index in [1.807, 2.05) is 13.0 Å². The number of aryl methyl sites for hydroxylation is 2. The van der Waals surface area contributed by atoms with Crippen LogP contribution in [0.15, 0.2) is 47.4 Å². The van der Waals surface area contributed by atoms with Crippen LogP contribution in [0.4, 0.5) is 5.69 Å². The maximum absolute atomic E-state index is 12.7. The lowest BCUT2D eigenvalue weighted by Crippen LogP contribution is -2.37. The van der Waals surface area contributed by atoms with Crippen molar-refractivity contribution in [2.75, 3.05) is 11.3 Å². The smallest absolute Gasteiger partial charge is 0.262 e. The molecule has 0 aliphatic rings. The summed E-state index contributed by atoms with van der Waals surface area (Å²) in [6.45, 7) is 5.70. The van der Waals surface area contributed by atoms with E-state index in [9.17, 15) is 13.2 Å². The van der Waals surface area contributed by atoms with Crippen LogP contribution < -0.4 is 15.8 Å². The summed E-state index contributed by atoms with van der Waals surface area (Å²) in [4.78, 5) is 12.4. The van der Waals surface area contributed by atoms with Crippen molar-refractivity contribution in [2.45, 2.75) is 31.7 Å². The SMILES string of the molecule is Cc1ccc(C)c(S(=O)(=O)Nc2cccc(C(=O)N[C@@H](C)CN)c2)c1. The monoisotopic (exact) mass is 361 g/mol. The largest absolute Gasteiger partial charge is 0.348 e. The number of nitrogens with one attached hydrogen (secondary N) is 2. The third kappa shape index (κ3) is 4.80. The highest BCUT2D eigenvalue weighted by atomic mass is 32.2. The molecular weight excluding hydrogens is 338 g/mol. The van der Waals surface area contributed by atoms with Crippen molar-refractivity contribution in [3.63, 3.8) is 0 Å². The lowest BCUT2D eigenvalue weighted by Gasteiger charge is -2.13. The van der Waals surface area contributed by atoms with Crippen LogP contribution in [0, 0.1) is 13.8 Å². The summed E-state index contributed by atoms with van der Waals surface area (Å²) in [6, 6.07) is 11.4. The number of benzene rings is 2. The molecule has 6 nitrogen and oxygen atoms in total. The summed E-state index contributed by atoms with van der Waals surface area (Å²) in [5.41, 5.74) is 7.70. The molecule has 25 heavy (non-hydrogen) atoms. The average molecular weight is 361 g/mol. The highest BCUT2D eigenvalue weighted by Crippen LogP contribution is 2.21. The first-order valence-corrected chi connectivity index (χ1v) is 9.42. The van der Waals surface area contributed by atoms with Crippen molar-refractivity contribution in [1.82, 2.24) is 5.32 Å². The first-order valence-electron chi connectivity index (χ1n) is 7.94. The lowest BCUT2D eigenvalue weighted by molar-refractivity contribution is 0.0941. The Morgan fingerprint density at radius 2 is 1.88 bits per heavy atom. The van der Waals surface area contributed by atoms with Gasteiger partial charge in [-0.1, -0.05) is 18.2 Å². The Bertz CT molecular complexity index is 879. The minimum atomic E-state index is -3.74. The van der Waals surface area contributed by atoms with E-state index in [1.165, 1.54) is 6.07 Å². The molecule has 0 bridgehead atoms. The van der Waals surface area contributed by atoms with E-state index in [0.717, 1.165) is 5.56 Å². The van der Waals surface area contributed by atoms with Crippen LogP contribution in [0.5, 0.6) is 0 Å². The van der Waals surface area contributed by atoms with E-state index < -0.39 is 10.0 Å². The maximum Gasteiger partial charge on any atom is 0.262 e. The second-order valence-corrected chi connectivity index (χ2v) is 7.72. The average Bonchev–Trinajstić information content (AvgIpc) is 2.56. The van der Waals surface area contributed by atoms with Crippen molar-refractivity contribution >= 4 is 21.6 Å². The Morgan fingerprint density at radius 1 is 1.16 bits per heavy atom. The molecule has 0 spiro atoms. The zero-order valence-corrected chi connectivity index (χ0v) is 15.4. The number of rotatable bonds is 6. The van der Waals surface area contributed by atoms with Gasteiger partial charge in [0.25, 0.3) is 15.9 Å². The summed E-state index contributed by atoms with van der Waals surface area (Å²) in [5.74, 6) is -0.300. The van der Waals surface area contributed by atoms with Gasteiger partial charge < -0.3 is 11.1 Å². The minimum absolute atomic E-state index is 0.164. The van der Waals surface area contributed by atoms with Crippen LogP contribution in [-0.4, -0.2) is 26.9 Å². The van der Waals surface area contributed by atoms with E-state index in [-0.39, 0.29) is 16.8 Å². The van der Waals surface area contributed by atoms with Gasteiger partial charge in [0.1, 0.15) is 0 Å². The Balaban J connectivity index is 2.27. The molecule has 0 saturated heterocycles. The second-order valence-electron chi connectivity index (χ2n) is 6.07. The van der Waals surface area contributed by atoms with Gasteiger partial charge in [0.15, 0.2) is 0 Å². The molecule has 0 saturated carbocycles. The number of nitrogens with two attached hydrogens (primary N) is 1. The third-order valence-electron chi connectivity index (χ3n) is 3.74. The van der Waals surface area contributed by atoms with Crippen molar-refractivity contribution < 1.29 is 13.2 Å². The number of carbonyl (C=O) groups excluding carboxylic acids is 1. The Labute approximate surface area is 148 Å². The van der Waals surface area contributed by atoms with Gasteiger partial charge in [0, 0.05) is 23.8 Å². The van der Waals surface area contributed by atoms with Crippen molar-refractivity contribution in [3.8, 4) is 0 Å². The van der Waals surface area contributed by atoms with E-state index in [4.69, 9.17) is 5.73 Å². The van der Waals surface area contributed by atoms with Crippen LogP contribution in [0.3, 0.4) is 0 Å². The number of hydrogen-bond donors (Lipinski definition) is 3. The summed E-state index contributed by atoms with van der Waals surface area (Å²) in [6.07, 6.45) is 0. The number of sulfonamides is 1. The molecule has 1 atom stereocenters. The van der Waals surface area contributed by atoms with Crippen molar-refractivity contribution in [3.05, 3.63) is 59.2 Å². The molecule has 4 N–H and O–H groups in total. The van der Waals surface area contributed by atoms with Gasteiger partial charge in [-0.2, -0.15) is 0 Å². The first-order chi connectivity index (χ1) is 11.7. The molecular formula is C18H23N3O3S. The topological polar surface area (TPSA) is 101 Å². The molecule has 2 rings (SSSR count). The molecule has 0 radical (unpaired) electrons. The molecule has 0 fully saturated rings. The number of anilines is 1. The lowest BCUT2D eigenvalue weighted by atomic mass is 10.2. The minimum Gasteiger partial charge on any atom is -0.348 e. The van der Waals surface area contributed by atoms with E-state index in [1.54, 1.807) is 44.2 Å². The Morgan fingerprint density at radius 3 is 2.56 bits per heavy atom. The van der Waals surface area contributed by atoms with Gasteiger partial charge in [-0.15, -0.1) is 0 Å². The van der Waals surface area contributed by atoms with E-state index in [2.05, 4.69) is 10.0 Å². The summed E-state index contributed by atoms with van der Waals surface area (Å²) in [7, 11) is -3.74. The van der Waals surface area contributed by atoms with Crippen LogP contribution in [-0.2, 0) is 10.0 Å². The van der Waals surface area contributed by atoms with Gasteiger partial charge in [0.2, 0.25) is 0 Å². The van der Waals surface area contributed by atoms with Gasteiger partial charge in [-0.3, -0.25) is 9.52 Å². The quantitative estimate of drug-likeness (QED) is 0.734. The predicted octanol–water partition coefficient (Wildman–Crippen LogP) is 2.18. The standard InChI is InChI=1S/C18H23N3O3S/c1-12-7-8-13(2)17(9-12)25(23,24)21-16-6-4-5-15(10-16)18(22)20-14(3)11-19/h4-10,14,21H,11,19H2,1-3H3,(H,20,22)/t14-/m0/s1. The number of amides is 1. The van der Waals surface area contributed by atoms with Crippen LogP contribution in [0.25, 0.3) is 0 Å². The molecule has 0 aromatic heterocycles. The molecule has 7 heteroatoms. The molecule has 2 aromatic carbocycles. The Kier molecular flexibility index (Phi) is 5.81. The van der Waals surface area contributed by atoms with Crippen LogP contribution >= 0.6 is 0 Å². The molecule has 0 unspecified atom stereocenters. The van der Waals surface area contributed by atoms with E-state index >= 15 is 0 Å². The molecule has 0 heterocycles. The molecule has 2 aromatic rings. The fourth-order valence-electron chi connectivity index (χ4n) is 2.30. The van der Waals surface area contributed by atoms with Gasteiger partial charge in [0.05, 0.1) is 4.90 Å². The molecule has 0 aliphatic heterocycles. The second kappa shape index (κ2) is 7.67. The van der Waals surface area contributed by atoms with Crippen LogP contribution in [0.2, 0.25) is 0 Å². The summed E-state index contributed by atoms with van der Waals surface area (Å²) < 4.78 is 27.8. The summed E-state index contributed by atoms with van der Waals surface area (Å²) in [5, 5.41) is 2.74. The van der Waals surface area contributed by atoms with Gasteiger partial charge >= 0.3 is 0 Å². The zero-order valence-electron chi connectivity index (χ0n) is 14.5. The zero-order chi connectivity index (χ0) is 18.6. The molecule has 1 amide bonds. The Hall–Kier alpha value is -2.38. The van der Waals surface area contributed by atoms with Gasteiger partial charge in [-0.05, 0) is 56.2 Å². The number of hydrogen-bond acceptors (Lipinski definition) is 4. The van der Waals surface area contributed by atoms with Gasteiger partial charge in [-0.25, -0.2) is 8.42 Å². The third-order valence-corrected chi connectivity index (χ3v) is 5.26. The van der Waals surface area contributed by atoms with Crippen molar-refractivity contribution in [2.24, 2.45) is 5.73 Å². The molecule has 0 aliphatic carbocycles. The maximum atomic E-state index is 12.7. The van der Waals surface area contributed by atoms with Crippen LogP contribution in [0.1, 0.15) is 28.4 Å². The fraction of sp³-hybridized carbons (Fsp3) is 0.278. The highest BCUT2D eigenvalue weighted by Gasteiger charge is 2.18. The molecule has 134 valence electrons.